The van der Waals surface area contributed by atoms with Crippen LogP contribution >= 0.6 is 7.81 Å². The second kappa shape index (κ2) is 14.3. The van der Waals surface area contributed by atoms with Gasteiger partial charge in [-0.25, -0.2) is 4.99 Å². The summed E-state index contributed by atoms with van der Waals surface area (Å²) in [6, 6.07) is 28.4. The van der Waals surface area contributed by atoms with Crippen LogP contribution in [-0.2, 0) is 24.3 Å². The Morgan fingerprint density at radius 2 is 1.31 bits per heavy atom. The molecule has 0 spiro atoms. The molecular weight excluding hydrogens is 628 g/mol. The minimum absolute atomic E-state index is 0. The minimum Gasteiger partial charge on any atom is 1.00 e. The minimum atomic E-state index is -10.7. The molecule has 0 atom stereocenters. The summed E-state index contributed by atoms with van der Waals surface area (Å²) < 4.78 is 59.2. The number of aryl methyl sites for hydroxylation is 1. The largest absolute Gasteiger partial charge is 1.00 e. The van der Waals surface area contributed by atoms with E-state index in [-0.39, 0.29) is 19.5 Å². The summed E-state index contributed by atoms with van der Waals surface area (Å²) in [5, 5.41) is 11.4. The van der Waals surface area contributed by atoms with Crippen LogP contribution in [0.3, 0.4) is 0 Å². The number of fused-ring (bicyclic) bond motifs is 1. The van der Waals surface area contributed by atoms with E-state index < -0.39 is 7.81 Å². The van der Waals surface area contributed by atoms with Gasteiger partial charge >= 0.3 is 52.5 Å². The normalized spacial score (nSPS) is 14.1. The van der Waals surface area contributed by atoms with Crippen molar-refractivity contribution in [3.63, 3.8) is 0 Å². The second-order valence-electron chi connectivity index (χ2n) is 8.21. The van der Waals surface area contributed by atoms with Crippen LogP contribution in [-0.4, -0.2) is 18.5 Å². The second-order valence-corrected chi connectivity index (χ2v) is 10.1. The van der Waals surface area contributed by atoms with Crippen molar-refractivity contribution in [2.45, 2.75) is 33.6 Å². The van der Waals surface area contributed by atoms with Gasteiger partial charge < -0.3 is 4.84 Å². The van der Waals surface area contributed by atoms with E-state index in [9.17, 15) is 25.2 Å². The van der Waals surface area contributed by atoms with Crippen molar-refractivity contribution in [2.24, 2.45) is 10.1 Å². The zero-order valence-electron chi connectivity index (χ0n) is 21.9. The first-order chi connectivity index (χ1) is 17.5. The zero-order chi connectivity index (χ0) is 29.0. The van der Waals surface area contributed by atoms with Gasteiger partial charge in [0.15, 0.2) is 0 Å². The number of nitriles is 1. The molecule has 213 valence electrons. The molecule has 0 aromatic heterocycles. The number of nitrogens with zero attached hydrogens (tertiary/aromatic N) is 3. The number of halogens is 6. The molecule has 1 radical (unpaired) electrons. The summed E-state index contributed by atoms with van der Waals surface area (Å²) >= 11 is 0. The Morgan fingerprint density at radius 3 is 1.77 bits per heavy atom. The molecule has 3 aromatic carbocycles. The first-order valence-corrected chi connectivity index (χ1v) is 13.3. The number of oxime groups is 1. The molecule has 0 bridgehead atoms. The summed E-state index contributed by atoms with van der Waals surface area (Å²) in [6.07, 6.45) is 0. The van der Waals surface area contributed by atoms with Crippen LogP contribution in [0.2, 0.25) is 0 Å². The summed E-state index contributed by atoms with van der Waals surface area (Å²) in [7, 11) is -9.11. The van der Waals surface area contributed by atoms with E-state index in [4.69, 9.17) is 10.1 Å². The molecule has 4 rings (SSSR count). The molecule has 4 nitrogen and oxygen atoms in total. The fourth-order valence-corrected chi connectivity index (χ4v) is 3.00. The van der Waals surface area contributed by atoms with Gasteiger partial charge in [-0.3, -0.25) is 0 Å². The Morgan fingerprint density at radius 1 is 0.846 bits per heavy atom. The third kappa shape index (κ3) is 15.8. The van der Waals surface area contributed by atoms with Crippen LogP contribution in [0, 0.1) is 18.3 Å². The van der Waals surface area contributed by atoms with E-state index in [2.05, 4.69) is 55.2 Å². The van der Waals surface area contributed by atoms with Gasteiger partial charge in [0.1, 0.15) is 18.5 Å². The van der Waals surface area contributed by atoms with Gasteiger partial charge in [0.05, 0.1) is 11.8 Å². The fraction of sp³-hybridized carbons (Fsp3) is 0.222. The Kier molecular flexibility index (Phi) is 13.2. The van der Waals surface area contributed by atoms with E-state index in [1.54, 1.807) is 13.2 Å². The molecule has 1 aliphatic rings. The molecule has 3 aromatic rings. The van der Waals surface area contributed by atoms with Crippen molar-refractivity contribution in [3.8, 4) is 6.07 Å². The molecule has 1 heterocycles. The van der Waals surface area contributed by atoms with E-state index in [1.165, 1.54) is 18.1 Å². The Hall–Kier alpha value is -3.08. The van der Waals surface area contributed by atoms with Gasteiger partial charge in [-0.2, -0.15) is 5.26 Å². The summed E-state index contributed by atoms with van der Waals surface area (Å²) in [5.74, 6) is 0.653. The predicted molar refractivity (Wildman–Crippen MR) is 143 cm³/mol. The maximum atomic E-state index is 9.87. The van der Waals surface area contributed by atoms with Gasteiger partial charge in [-0.1, -0.05) is 97.4 Å². The summed E-state index contributed by atoms with van der Waals surface area (Å²) in [5.41, 5.74) is 7.41. The van der Waals surface area contributed by atoms with Crippen LogP contribution in [0.4, 0.5) is 30.9 Å². The maximum absolute atomic E-state index is 10.7. The maximum Gasteiger partial charge on any atom is 1.00 e. The summed E-state index contributed by atoms with van der Waals surface area (Å²) in [4.78, 5) is 9.57. The van der Waals surface area contributed by atoms with Crippen LogP contribution in [0.15, 0.2) is 89.0 Å². The van der Waals surface area contributed by atoms with Crippen molar-refractivity contribution in [3.05, 3.63) is 101 Å². The van der Waals surface area contributed by atoms with Crippen molar-refractivity contribution < 1.29 is 49.5 Å². The molecule has 0 fully saturated rings. The molecule has 39 heavy (non-hydrogen) atoms. The third-order valence-electron chi connectivity index (χ3n) is 4.59. The SMILES string of the molecule is CC#N.CO/N=C1/C(c2ccccc2)=Nc2ccccc21.Cc1ccc(C(C)C)cc1.F[P-](F)(F)(F)(F)F.[Ru+]. The van der Waals surface area contributed by atoms with E-state index in [0.29, 0.717) is 5.92 Å². The standard InChI is InChI=1S/C15H12N2O.C10H14.C2H3N.F6P.Ru/c1-18-17-15-12-9-5-6-10-13(12)16-14(15)11-7-3-2-4-8-11;1-8(2)10-6-4-9(3)5-7-10;1-2-3;1-7(2,3,4,5)6;/h2-10H,1H3;4-8H,1-3H3;1H3;;/q;;;-1;+1/b17-15+;;;;. The molecule has 0 unspecified atom stereocenters. The number of aliphatic imine (C=N–C) groups is 1. The smallest absolute Gasteiger partial charge is 1.00 e. The predicted octanol–water partition coefficient (Wildman–Crippen LogP) is 10.2. The molecule has 0 saturated heterocycles. The molecule has 0 saturated carbocycles. The molecule has 12 heteroatoms. The number of hydrogen-bond acceptors (Lipinski definition) is 4. The van der Waals surface area contributed by atoms with Crippen molar-refractivity contribution in [1.82, 2.24) is 0 Å². The molecule has 0 N–H and O–H groups in total. The third-order valence-corrected chi connectivity index (χ3v) is 4.59. The number of hydrogen-bond donors (Lipinski definition) is 0. The molecule has 0 aliphatic carbocycles. The van der Waals surface area contributed by atoms with E-state index >= 15 is 0 Å². The van der Waals surface area contributed by atoms with Gasteiger partial charge in [0.2, 0.25) is 0 Å². The average molecular weight is 658 g/mol. The molecule has 0 amide bonds. The molecule has 1 aliphatic heterocycles. The Labute approximate surface area is 237 Å². The average Bonchev–Trinajstić information content (AvgIpc) is 3.18. The van der Waals surface area contributed by atoms with Crippen LogP contribution < -0.4 is 0 Å². The van der Waals surface area contributed by atoms with Crippen molar-refractivity contribution >= 4 is 24.9 Å². The quantitative estimate of drug-likeness (QED) is 0.122. The van der Waals surface area contributed by atoms with Gasteiger partial charge in [0, 0.05) is 18.1 Å². The van der Waals surface area contributed by atoms with E-state index in [1.807, 2.05) is 54.6 Å². The van der Waals surface area contributed by atoms with Gasteiger partial charge in [-0.05, 0) is 24.5 Å². The van der Waals surface area contributed by atoms with E-state index in [0.717, 1.165) is 28.2 Å². The number of benzene rings is 3. The van der Waals surface area contributed by atoms with Crippen molar-refractivity contribution in [1.29, 1.82) is 5.26 Å². The Balaban J connectivity index is 0.000000585. The Bertz CT molecular complexity index is 1280. The molecular formula is C27H29F6N3OPRu. The van der Waals surface area contributed by atoms with Crippen LogP contribution in [0.5, 0.6) is 0 Å². The number of rotatable bonds is 3. The van der Waals surface area contributed by atoms with Crippen molar-refractivity contribution in [2.75, 3.05) is 7.11 Å². The van der Waals surface area contributed by atoms with Gasteiger partial charge in [-0.15, -0.1) is 0 Å². The zero-order valence-corrected chi connectivity index (χ0v) is 24.5. The number of para-hydroxylation sites is 1. The van der Waals surface area contributed by atoms with Crippen LogP contribution in [0.1, 0.15) is 48.9 Å². The first kappa shape index (κ1) is 35.9. The first-order valence-electron chi connectivity index (χ1n) is 11.3. The van der Waals surface area contributed by atoms with Crippen LogP contribution in [0.25, 0.3) is 0 Å². The fourth-order valence-electron chi connectivity index (χ4n) is 3.00. The monoisotopic (exact) mass is 658 g/mol. The summed E-state index contributed by atoms with van der Waals surface area (Å²) in [6.45, 7) is 7.97. The topological polar surface area (TPSA) is 57.7 Å². The van der Waals surface area contributed by atoms with Gasteiger partial charge in [0.25, 0.3) is 0 Å².